The molecule has 0 N–H and O–H groups in total. The SMILES string of the molecule is C/C=C1/CCC2C3CCC(CCF)C(CCC)C3CCC12C. The van der Waals surface area contributed by atoms with E-state index >= 15 is 0 Å². The molecule has 3 fully saturated rings. The van der Waals surface area contributed by atoms with Gasteiger partial charge in [-0.2, -0.15) is 0 Å². The van der Waals surface area contributed by atoms with E-state index in [4.69, 9.17) is 0 Å². The predicted molar refractivity (Wildman–Crippen MR) is 92.5 cm³/mol. The molecule has 6 atom stereocenters. The van der Waals surface area contributed by atoms with Crippen molar-refractivity contribution in [1.29, 1.82) is 0 Å². The maximum Gasteiger partial charge on any atom is 0.0897 e. The smallest absolute Gasteiger partial charge is 0.0897 e. The fourth-order valence-corrected chi connectivity index (χ4v) is 6.84. The molecule has 0 amide bonds. The quantitative estimate of drug-likeness (QED) is 0.516. The summed E-state index contributed by atoms with van der Waals surface area (Å²) >= 11 is 0. The molecule has 0 aromatic heterocycles. The topological polar surface area (TPSA) is 0 Å². The van der Waals surface area contributed by atoms with Crippen LogP contribution >= 0.6 is 0 Å². The van der Waals surface area contributed by atoms with Gasteiger partial charge < -0.3 is 0 Å². The van der Waals surface area contributed by atoms with Gasteiger partial charge in [-0.1, -0.05) is 38.3 Å². The molecular weight excluding hydrogens is 271 g/mol. The average molecular weight is 307 g/mol. The minimum atomic E-state index is -0.105. The fraction of sp³-hybridized carbons (Fsp3) is 0.905. The second-order valence-electron chi connectivity index (χ2n) is 8.51. The number of allylic oxidation sites excluding steroid dienone is 2. The van der Waals surface area contributed by atoms with Gasteiger partial charge in [0.25, 0.3) is 0 Å². The van der Waals surface area contributed by atoms with Gasteiger partial charge in [-0.25, -0.2) is 0 Å². The molecule has 0 aromatic carbocycles. The third-order valence-electron chi connectivity index (χ3n) is 7.82. The summed E-state index contributed by atoms with van der Waals surface area (Å²) in [5.41, 5.74) is 2.24. The molecule has 0 nitrogen and oxygen atoms in total. The van der Waals surface area contributed by atoms with Crippen LogP contribution in [0.1, 0.15) is 78.6 Å². The van der Waals surface area contributed by atoms with Gasteiger partial charge in [-0.05, 0) is 86.9 Å². The van der Waals surface area contributed by atoms with Crippen LogP contribution in [0.5, 0.6) is 0 Å². The zero-order valence-corrected chi connectivity index (χ0v) is 14.9. The number of hydrogen-bond acceptors (Lipinski definition) is 0. The molecule has 6 unspecified atom stereocenters. The Labute approximate surface area is 136 Å². The second kappa shape index (κ2) is 6.65. The maximum absolute atomic E-state index is 13.0. The zero-order valence-electron chi connectivity index (χ0n) is 14.9. The lowest BCUT2D eigenvalue weighted by atomic mass is 9.51. The summed E-state index contributed by atoms with van der Waals surface area (Å²) in [6.07, 6.45) is 14.1. The second-order valence-corrected chi connectivity index (χ2v) is 8.51. The summed E-state index contributed by atoms with van der Waals surface area (Å²) < 4.78 is 13.0. The first-order valence-electron chi connectivity index (χ1n) is 9.87. The van der Waals surface area contributed by atoms with Crippen LogP contribution in [0.2, 0.25) is 0 Å². The molecule has 22 heavy (non-hydrogen) atoms. The van der Waals surface area contributed by atoms with Crippen molar-refractivity contribution in [2.45, 2.75) is 78.6 Å². The van der Waals surface area contributed by atoms with Crippen molar-refractivity contribution in [2.75, 3.05) is 6.67 Å². The molecule has 0 bridgehead atoms. The summed E-state index contributed by atoms with van der Waals surface area (Å²) in [6.45, 7) is 7.01. The zero-order chi connectivity index (χ0) is 15.7. The largest absolute Gasteiger partial charge is 0.251 e. The van der Waals surface area contributed by atoms with E-state index in [0.717, 1.165) is 30.1 Å². The Morgan fingerprint density at radius 3 is 2.64 bits per heavy atom. The number of halogens is 1. The number of hydrogen-bond donors (Lipinski definition) is 0. The minimum Gasteiger partial charge on any atom is -0.251 e. The standard InChI is InChI=1S/C21H35F/c1-4-6-17-15(12-14-22)7-9-19-18(17)11-13-21(3)16(5-2)8-10-20(19)21/h5,15,17-20H,4,6-14H2,1-3H3/b16-5-. The van der Waals surface area contributed by atoms with Crippen LogP contribution in [-0.4, -0.2) is 6.67 Å². The van der Waals surface area contributed by atoms with Crippen molar-refractivity contribution in [2.24, 2.45) is 35.0 Å². The Kier molecular flexibility index (Phi) is 5.00. The van der Waals surface area contributed by atoms with E-state index in [2.05, 4.69) is 26.8 Å². The predicted octanol–water partition coefficient (Wildman–Crippen LogP) is 6.56. The molecule has 3 aliphatic carbocycles. The summed E-state index contributed by atoms with van der Waals surface area (Å²) in [5, 5.41) is 0. The Hall–Kier alpha value is -0.330. The first-order chi connectivity index (χ1) is 10.7. The van der Waals surface area contributed by atoms with Gasteiger partial charge in [0, 0.05) is 0 Å². The van der Waals surface area contributed by atoms with Crippen LogP contribution in [0, 0.1) is 35.0 Å². The fourth-order valence-electron chi connectivity index (χ4n) is 6.84. The number of fused-ring (bicyclic) bond motifs is 3. The monoisotopic (exact) mass is 306 g/mol. The molecule has 0 aromatic rings. The Balaban J connectivity index is 1.82. The highest BCUT2D eigenvalue weighted by Crippen LogP contribution is 2.63. The van der Waals surface area contributed by atoms with Gasteiger partial charge in [0.1, 0.15) is 0 Å². The average Bonchev–Trinajstić information content (AvgIpc) is 2.86. The number of rotatable bonds is 4. The van der Waals surface area contributed by atoms with Crippen LogP contribution in [0.25, 0.3) is 0 Å². The van der Waals surface area contributed by atoms with Crippen molar-refractivity contribution in [3.05, 3.63) is 11.6 Å². The third kappa shape index (κ3) is 2.57. The molecule has 3 saturated carbocycles. The lowest BCUT2D eigenvalue weighted by Gasteiger charge is -2.54. The highest BCUT2D eigenvalue weighted by Gasteiger charge is 2.54. The summed E-state index contributed by atoms with van der Waals surface area (Å²) in [7, 11) is 0. The van der Waals surface area contributed by atoms with Crippen molar-refractivity contribution in [1.82, 2.24) is 0 Å². The van der Waals surface area contributed by atoms with E-state index in [1.165, 1.54) is 51.4 Å². The molecule has 126 valence electrons. The van der Waals surface area contributed by atoms with Crippen molar-refractivity contribution < 1.29 is 4.39 Å². The van der Waals surface area contributed by atoms with Crippen molar-refractivity contribution in [3.8, 4) is 0 Å². The molecule has 0 spiro atoms. The number of alkyl halides is 1. The van der Waals surface area contributed by atoms with E-state index in [-0.39, 0.29) is 6.67 Å². The molecule has 0 saturated heterocycles. The van der Waals surface area contributed by atoms with Gasteiger partial charge >= 0.3 is 0 Å². The first-order valence-corrected chi connectivity index (χ1v) is 9.87. The van der Waals surface area contributed by atoms with E-state index in [1.807, 2.05) is 0 Å². The minimum absolute atomic E-state index is 0.105. The highest BCUT2D eigenvalue weighted by atomic mass is 19.1. The van der Waals surface area contributed by atoms with Crippen LogP contribution < -0.4 is 0 Å². The molecule has 3 rings (SSSR count). The van der Waals surface area contributed by atoms with Crippen LogP contribution in [0.3, 0.4) is 0 Å². The van der Waals surface area contributed by atoms with Gasteiger partial charge in [0.05, 0.1) is 6.67 Å². The lowest BCUT2D eigenvalue weighted by Crippen LogP contribution is -2.46. The summed E-state index contributed by atoms with van der Waals surface area (Å²) in [4.78, 5) is 0. The molecule has 1 heteroatoms. The molecule has 0 radical (unpaired) electrons. The Morgan fingerprint density at radius 2 is 1.95 bits per heavy atom. The van der Waals surface area contributed by atoms with Crippen LogP contribution in [0.15, 0.2) is 11.6 Å². The van der Waals surface area contributed by atoms with Crippen LogP contribution in [0.4, 0.5) is 4.39 Å². The van der Waals surface area contributed by atoms with Gasteiger partial charge in [-0.3, -0.25) is 4.39 Å². The molecule has 3 aliphatic rings. The summed E-state index contributed by atoms with van der Waals surface area (Å²) in [6, 6.07) is 0. The van der Waals surface area contributed by atoms with E-state index in [9.17, 15) is 4.39 Å². The third-order valence-corrected chi connectivity index (χ3v) is 7.82. The van der Waals surface area contributed by atoms with Crippen molar-refractivity contribution >= 4 is 0 Å². The van der Waals surface area contributed by atoms with Gasteiger partial charge in [-0.15, -0.1) is 0 Å². The first kappa shape index (κ1) is 16.5. The van der Waals surface area contributed by atoms with Gasteiger partial charge in [0.15, 0.2) is 0 Å². The Bertz CT molecular complexity index is 412. The van der Waals surface area contributed by atoms with Crippen molar-refractivity contribution in [3.63, 3.8) is 0 Å². The lowest BCUT2D eigenvalue weighted by molar-refractivity contribution is -0.0327. The highest BCUT2D eigenvalue weighted by molar-refractivity contribution is 5.22. The molecular formula is C21H35F. The normalized spacial score (nSPS) is 46.5. The maximum atomic E-state index is 13.0. The Morgan fingerprint density at radius 1 is 1.14 bits per heavy atom. The van der Waals surface area contributed by atoms with Gasteiger partial charge in [0.2, 0.25) is 0 Å². The van der Waals surface area contributed by atoms with E-state index in [1.54, 1.807) is 5.57 Å². The van der Waals surface area contributed by atoms with Crippen LogP contribution in [-0.2, 0) is 0 Å². The summed E-state index contributed by atoms with van der Waals surface area (Å²) in [5.74, 6) is 4.25. The molecule has 0 heterocycles. The van der Waals surface area contributed by atoms with E-state index in [0.29, 0.717) is 11.3 Å². The molecule has 0 aliphatic heterocycles. The van der Waals surface area contributed by atoms with E-state index < -0.39 is 0 Å².